The van der Waals surface area contributed by atoms with Crippen molar-refractivity contribution >= 4 is 12.0 Å². The molecule has 2 N–H and O–H groups in total. The van der Waals surface area contributed by atoms with Crippen LogP contribution in [0.25, 0.3) is 0 Å². The number of dihydropyridines is 1. The monoisotopic (exact) mass is 333 g/mol. The van der Waals surface area contributed by atoms with Crippen molar-refractivity contribution in [2.24, 2.45) is 5.92 Å². The SMILES string of the molecule is CC1CN(CCOC2=CN/C(=C(\C=N)C(=O)C(C)C)C=C2)CCO1. The van der Waals surface area contributed by atoms with Crippen LogP contribution in [0.15, 0.2) is 35.4 Å². The highest BCUT2D eigenvalue weighted by Crippen LogP contribution is 2.14. The third-order valence-electron chi connectivity index (χ3n) is 4.01. The van der Waals surface area contributed by atoms with Crippen LogP contribution in [0.1, 0.15) is 20.8 Å². The van der Waals surface area contributed by atoms with Crippen LogP contribution in [0.2, 0.25) is 0 Å². The van der Waals surface area contributed by atoms with Gasteiger partial charge in [0.2, 0.25) is 0 Å². The average Bonchev–Trinajstić information content (AvgIpc) is 2.57. The maximum absolute atomic E-state index is 12.1. The van der Waals surface area contributed by atoms with E-state index in [9.17, 15) is 4.79 Å². The molecule has 0 aromatic carbocycles. The van der Waals surface area contributed by atoms with E-state index in [0.29, 0.717) is 17.9 Å². The minimum atomic E-state index is -0.137. The Labute approximate surface area is 143 Å². The molecule has 0 radical (unpaired) electrons. The summed E-state index contributed by atoms with van der Waals surface area (Å²) in [5, 5.41) is 10.5. The lowest BCUT2D eigenvalue weighted by atomic mass is 9.99. The van der Waals surface area contributed by atoms with Gasteiger partial charge in [0, 0.05) is 38.0 Å². The highest BCUT2D eigenvalue weighted by molar-refractivity contribution is 6.14. The van der Waals surface area contributed by atoms with Crippen molar-refractivity contribution in [3.63, 3.8) is 0 Å². The second-order valence-corrected chi connectivity index (χ2v) is 6.35. The number of morpholine rings is 1. The minimum Gasteiger partial charge on any atom is -0.491 e. The van der Waals surface area contributed by atoms with E-state index in [-0.39, 0.29) is 17.8 Å². The maximum Gasteiger partial charge on any atom is 0.169 e. The lowest BCUT2D eigenvalue weighted by Crippen LogP contribution is -2.42. The second-order valence-electron chi connectivity index (χ2n) is 6.35. The third-order valence-corrected chi connectivity index (χ3v) is 4.01. The van der Waals surface area contributed by atoms with Crippen molar-refractivity contribution in [2.75, 3.05) is 32.8 Å². The van der Waals surface area contributed by atoms with Crippen LogP contribution in [0, 0.1) is 11.3 Å². The molecular weight excluding hydrogens is 306 g/mol. The number of nitrogens with one attached hydrogen (secondary N) is 2. The van der Waals surface area contributed by atoms with Crippen LogP contribution in [-0.4, -0.2) is 55.8 Å². The Morgan fingerprint density at radius 2 is 2.33 bits per heavy atom. The molecule has 1 saturated heterocycles. The number of nitrogens with zero attached hydrogens (tertiary/aromatic N) is 1. The standard InChI is InChI=1S/C18H27N3O3/c1-13(2)18(22)16(10-19)17-5-4-15(11-20-17)24-9-7-21-6-8-23-14(3)12-21/h4-5,10-11,13-14,19-20H,6-9,12H2,1-3H3/b17-16+,19-10?. The number of hydrogen-bond acceptors (Lipinski definition) is 6. The summed E-state index contributed by atoms with van der Waals surface area (Å²) < 4.78 is 11.3. The molecule has 2 heterocycles. The lowest BCUT2D eigenvalue weighted by molar-refractivity contribution is -0.117. The summed E-state index contributed by atoms with van der Waals surface area (Å²) in [5.41, 5.74) is 1.02. The number of allylic oxidation sites excluding steroid dienone is 3. The van der Waals surface area contributed by atoms with Gasteiger partial charge in [0.05, 0.1) is 24.0 Å². The van der Waals surface area contributed by atoms with Crippen LogP contribution >= 0.6 is 0 Å². The molecule has 24 heavy (non-hydrogen) atoms. The molecule has 6 nitrogen and oxygen atoms in total. The molecule has 0 aromatic rings. The zero-order chi connectivity index (χ0) is 17.5. The summed E-state index contributed by atoms with van der Waals surface area (Å²) in [6, 6.07) is 0. The van der Waals surface area contributed by atoms with Gasteiger partial charge in [0.25, 0.3) is 0 Å². The van der Waals surface area contributed by atoms with Crippen LogP contribution in [0.3, 0.4) is 0 Å². The van der Waals surface area contributed by atoms with E-state index >= 15 is 0 Å². The van der Waals surface area contributed by atoms with E-state index in [4.69, 9.17) is 14.9 Å². The molecule has 6 heteroatoms. The first-order chi connectivity index (χ1) is 11.5. The van der Waals surface area contributed by atoms with Crippen molar-refractivity contribution in [1.82, 2.24) is 10.2 Å². The summed E-state index contributed by atoms with van der Waals surface area (Å²) in [6.07, 6.45) is 6.72. The Bertz CT molecular complexity index is 564. The molecule has 2 aliphatic rings. The van der Waals surface area contributed by atoms with E-state index in [1.165, 1.54) is 0 Å². The highest BCUT2D eigenvalue weighted by Gasteiger charge is 2.18. The van der Waals surface area contributed by atoms with E-state index in [1.807, 2.05) is 19.9 Å². The normalized spacial score (nSPS) is 23.5. The molecule has 0 amide bonds. The molecule has 0 aliphatic carbocycles. The van der Waals surface area contributed by atoms with Gasteiger partial charge in [-0.1, -0.05) is 13.8 Å². The fourth-order valence-corrected chi connectivity index (χ4v) is 2.65. The van der Waals surface area contributed by atoms with E-state index in [2.05, 4.69) is 17.1 Å². The molecule has 0 bridgehead atoms. The summed E-state index contributed by atoms with van der Waals surface area (Å²) in [7, 11) is 0. The summed E-state index contributed by atoms with van der Waals surface area (Å²) >= 11 is 0. The summed E-state index contributed by atoms with van der Waals surface area (Å²) in [5.74, 6) is 0.541. The van der Waals surface area contributed by atoms with Gasteiger partial charge in [0.1, 0.15) is 12.4 Å². The Morgan fingerprint density at radius 1 is 1.54 bits per heavy atom. The predicted molar refractivity (Wildman–Crippen MR) is 93.8 cm³/mol. The highest BCUT2D eigenvalue weighted by atomic mass is 16.5. The number of hydrogen-bond donors (Lipinski definition) is 2. The fraction of sp³-hybridized carbons (Fsp3) is 0.556. The topological polar surface area (TPSA) is 74.7 Å². The van der Waals surface area contributed by atoms with Gasteiger partial charge in [-0.25, -0.2) is 0 Å². The number of carbonyl (C=O) groups is 1. The van der Waals surface area contributed by atoms with Gasteiger partial charge < -0.3 is 20.2 Å². The van der Waals surface area contributed by atoms with Gasteiger partial charge in [-0.2, -0.15) is 0 Å². The lowest BCUT2D eigenvalue weighted by Gasteiger charge is -2.30. The van der Waals surface area contributed by atoms with Crippen molar-refractivity contribution in [3.8, 4) is 0 Å². The molecule has 0 spiro atoms. The molecule has 2 rings (SSSR count). The number of Topliss-reactive ketones (excluding diaryl/α,β-unsaturated/α-hetero) is 1. The Morgan fingerprint density at radius 3 is 2.92 bits per heavy atom. The van der Waals surface area contributed by atoms with Gasteiger partial charge in [-0.15, -0.1) is 0 Å². The molecule has 1 atom stereocenters. The van der Waals surface area contributed by atoms with Crippen molar-refractivity contribution in [3.05, 3.63) is 35.4 Å². The Hall–Kier alpha value is -1.92. The largest absolute Gasteiger partial charge is 0.491 e. The smallest absolute Gasteiger partial charge is 0.169 e. The summed E-state index contributed by atoms with van der Waals surface area (Å²) in [4.78, 5) is 14.4. The zero-order valence-electron chi connectivity index (χ0n) is 14.7. The van der Waals surface area contributed by atoms with Gasteiger partial charge in [0.15, 0.2) is 5.78 Å². The third kappa shape index (κ3) is 5.04. The first-order valence-corrected chi connectivity index (χ1v) is 8.41. The molecule has 0 aromatic heterocycles. The van der Waals surface area contributed by atoms with Crippen molar-refractivity contribution in [2.45, 2.75) is 26.9 Å². The molecule has 132 valence electrons. The number of ketones is 1. The number of ether oxygens (including phenoxy) is 2. The Kier molecular flexibility index (Phi) is 6.75. The molecule has 2 aliphatic heterocycles. The van der Waals surface area contributed by atoms with Gasteiger partial charge in [-0.3, -0.25) is 9.69 Å². The molecule has 0 saturated carbocycles. The van der Waals surface area contributed by atoms with Crippen molar-refractivity contribution < 1.29 is 14.3 Å². The van der Waals surface area contributed by atoms with Crippen LogP contribution < -0.4 is 5.32 Å². The number of carbonyl (C=O) groups excluding carboxylic acids is 1. The Balaban J connectivity index is 1.84. The van der Waals surface area contributed by atoms with Gasteiger partial charge >= 0.3 is 0 Å². The summed E-state index contributed by atoms with van der Waals surface area (Å²) in [6.45, 7) is 9.85. The molecular formula is C18H27N3O3. The number of rotatable bonds is 7. The average molecular weight is 333 g/mol. The van der Waals surface area contributed by atoms with E-state index < -0.39 is 0 Å². The molecule has 1 unspecified atom stereocenters. The molecule has 1 fully saturated rings. The zero-order valence-corrected chi connectivity index (χ0v) is 14.7. The fourth-order valence-electron chi connectivity index (χ4n) is 2.65. The predicted octanol–water partition coefficient (Wildman–Crippen LogP) is 1.85. The second kappa shape index (κ2) is 8.80. The maximum atomic E-state index is 12.1. The van der Waals surface area contributed by atoms with Crippen LogP contribution in [0.5, 0.6) is 0 Å². The first kappa shape index (κ1) is 18.4. The van der Waals surface area contributed by atoms with Crippen molar-refractivity contribution in [1.29, 1.82) is 5.41 Å². The van der Waals surface area contributed by atoms with Crippen LogP contribution in [-0.2, 0) is 14.3 Å². The first-order valence-electron chi connectivity index (χ1n) is 8.41. The quantitative estimate of drug-likeness (QED) is 0.549. The minimum absolute atomic E-state index is 0.0450. The van der Waals surface area contributed by atoms with E-state index in [1.54, 1.807) is 12.3 Å². The van der Waals surface area contributed by atoms with E-state index in [0.717, 1.165) is 38.2 Å². The van der Waals surface area contributed by atoms with Crippen LogP contribution in [0.4, 0.5) is 0 Å². The van der Waals surface area contributed by atoms with Gasteiger partial charge in [-0.05, 0) is 19.1 Å².